The van der Waals surface area contributed by atoms with Gasteiger partial charge in [-0.15, -0.1) is 0 Å². The van der Waals surface area contributed by atoms with E-state index in [1.165, 1.54) is 24.0 Å². The monoisotopic (exact) mass is 306 g/mol. The van der Waals surface area contributed by atoms with Crippen LogP contribution in [-0.4, -0.2) is 46.7 Å². The van der Waals surface area contributed by atoms with Crippen LogP contribution < -0.4 is 5.32 Å². The van der Waals surface area contributed by atoms with Crippen LogP contribution in [0.4, 0.5) is 10.5 Å². The zero-order valence-corrected chi connectivity index (χ0v) is 13.0. The molecule has 1 saturated heterocycles. The molecule has 3 rings (SSSR count). The molecule has 114 valence electrons. The molecule has 2 N–H and O–H groups in total. The van der Waals surface area contributed by atoms with E-state index in [1.54, 1.807) is 16.7 Å². The number of amides is 2. The lowest BCUT2D eigenvalue weighted by Gasteiger charge is -2.34. The molecule has 1 heterocycles. The molecule has 1 fully saturated rings. The smallest absolute Gasteiger partial charge is 0.322 e. The van der Waals surface area contributed by atoms with Gasteiger partial charge in [0.15, 0.2) is 0 Å². The fourth-order valence-electron chi connectivity index (χ4n) is 3.16. The molecule has 0 saturated carbocycles. The molecule has 5 heteroatoms. The predicted octanol–water partition coefficient (Wildman–Crippen LogP) is 2.51. The Morgan fingerprint density at radius 2 is 2.24 bits per heavy atom. The number of rotatable bonds is 2. The molecule has 0 radical (unpaired) electrons. The SMILES string of the molecule is O=C(Nc1cccc2c1CCCC2)N1CCSCC1CO. The van der Waals surface area contributed by atoms with Gasteiger partial charge in [-0.25, -0.2) is 4.79 Å². The highest BCUT2D eigenvalue weighted by atomic mass is 32.2. The van der Waals surface area contributed by atoms with Crippen LogP contribution in [0.25, 0.3) is 0 Å². The minimum atomic E-state index is -0.0756. The third kappa shape index (κ3) is 3.19. The van der Waals surface area contributed by atoms with Gasteiger partial charge in [-0.2, -0.15) is 11.8 Å². The summed E-state index contributed by atoms with van der Waals surface area (Å²) < 4.78 is 0. The fourth-order valence-corrected chi connectivity index (χ4v) is 4.21. The summed E-state index contributed by atoms with van der Waals surface area (Å²) in [6, 6.07) is 6.04. The van der Waals surface area contributed by atoms with Crippen molar-refractivity contribution in [2.75, 3.05) is 30.0 Å². The number of benzene rings is 1. The molecule has 2 aliphatic rings. The number of carbonyl (C=O) groups is 1. The van der Waals surface area contributed by atoms with Gasteiger partial charge < -0.3 is 15.3 Å². The number of fused-ring (bicyclic) bond motifs is 1. The minimum absolute atomic E-state index is 0.0350. The standard InChI is InChI=1S/C16H22N2O2S/c19-10-13-11-21-9-8-18(13)16(20)17-15-7-3-5-12-4-1-2-6-14(12)15/h3,5,7,13,19H,1-2,4,6,8-11H2,(H,17,20). The lowest BCUT2D eigenvalue weighted by atomic mass is 9.90. The lowest BCUT2D eigenvalue weighted by molar-refractivity contribution is 0.154. The molecule has 4 nitrogen and oxygen atoms in total. The first kappa shape index (κ1) is 14.7. The van der Waals surface area contributed by atoms with Crippen LogP contribution in [0, 0.1) is 0 Å². The van der Waals surface area contributed by atoms with Crippen LogP contribution >= 0.6 is 11.8 Å². The molecule has 1 atom stereocenters. The third-order valence-corrected chi connectivity index (χ3v) is 5.43. The average Bonchev–Trinajstić information content (AvgIpc) is 2.55. The molecule has 1 aromatic carbocycles. The second kappa shape index (κ2) is 6.71. The maximum absolute atomic E-state index is 12.5. The number of carbonyl (C=O) groups excluding carboxylic acids is 1. The predicted molar refractivity (Wildman–Crippen MR) is 87.0 cm³/mol. The van der Waals surface area contributed by atoms with Crippen LogP contribution in [0.5, 0.6) is 0 Å². The highest BCUT2D eigenvalue weighted by Crippen LogP contribution is 2.28. The normalized spacial score (nSPS) is 21.8. The quantitative estimate of drug-likeness (QED) is 0.883. The summed E-state index contributed by atoms with van der Waals surface area (Å²) >= 11 is 1.80. The third-order valence-electron chi connectivity index (χ3n) is 4.34. The number of thioether (sulfide) groups is 1. The van der Waals surface area contributed by atoms with Gasteiger partial charge >= 0.3 is 6.03 Å². The molecule has 1 aliphatic heterocycles. The number of aliphatic hydroxyl groups is 1. The largest absolute Gasteiger partial charge is 0.394 e. The number of hydrogen-bond acceptors (Lipinski definition) is 3. The van der Waals surface area contributed by atoms with E-state index in [1.807, 2.05) is 12.1 Å². The van der Waals surface area contributed by atoms with Crippen molar-refractivity contribution in [3.8, 4) is 0 Å². The van der Waals surface area contributed by atoms with Gasteiger partial charge in [-0.05, 0) is 42.9 Å². The Morgan fingerprint density at radius 1 is 1.38 bits per heavy atom. The zero-order chi connectivity index (χ0) is 14.7. The van der Waals surface area contributed by atoms with E-state index in [-0.39, 0.29) is 18.7 Å². The Labute approximate surface area is 129 Å². The van der Waals surface area contributed by atoms with Crippen molar-refractivity contribution in [3.05, 3.63) is 29.3 Å². The van der Waals surface area contributed by atoms with Gasteiger partial charge in [0.2, 0.25) is 0 Å². The van der Waals surface area contributed by atoms with Gasteiger partial charge in [0.05, 0.1) is 12.6 Å². The molecule has 0 bridgehead atoms. The summed E-state index contributed by atoms with van der Waals surface area (Å²) in [6.45, 7) is 0.740. The first-order valence-corrected chi connectivity index (χ1v) is 8.82. The maximum Gasteiger partial charge on any atom is 0.322 e. The molecule has 1 aliphatic carbocycles. The van der Waals surface area contributed by atoms with Gasteiger partial charge in [-0.1, -0.05) is 12.1 Å². The summed E-state index contributed by atoms with van der Waals surface area (Å²) in [5, 5.41) is 12.5. The number of anilines is 1. The molecule has 0 spiro atoms. The van der Waals surface area contributed by atoms with Crippen molar-refractivity contribution < 1.29 is 9.90 Å². The highest BCUT2D eigenvalue weighted by Gasteiger charge is 2.27. The highest BCUT2D eigenvalue weighted by molar-refractivity contribution is 7.99. The van der Waals surface area contributed by atoms with Crippen LogP contribution in [0.2, 0.25) is 0 Å². The fraction of sp³-hybridized carbons (Fsp3) is 0.562. The molecule has 2 amide bonds. The summed E-state index contributed by atoms with van der Waals surface area (Å²) in [7, 11) is 0. The number of aliphatic hydroxyl groups excluding tert-OH is 1. The number of urea groups is 1. The second-order valence-corrected chi connectivity index (χ2v) is 6.84. The van der Waals surface area contributed by atoms with Gasteiger partial charge in [-0.3, -0.25) is 0 Å². The van der Waals surface area contributed by atoms with Crippen molar-refractivity contribution in [1.82, 2.24) is 4.90 Å². The van der Waals surface area contributed by atoms with Crippen molar-refractivity contribution in [2.45, 2.75) is 31.7 Å². The number of nitrogens with zero attached hydrogens (tertiary/aromatic N) is 1. The van der Waals surface area contributed by atoms with E-state index in [9.17, 15) is 9.90 Å². The van der Waals surface area contributed by atoms with E-state index in [4.69, 9.17) is 0 Å². The Kier molecular flexibility index (Phi) is 4.70. The van der Waals surface area contributed by atoms with Gasteiger partial charge in [0.1, 0.15) is 0 Å². The average molecular weight is 306 g/mol. The molecular weight excluding hydrogens is 284 g/mol. The van der Waals surface area contributed by atoms with Crippen molar-refractivity contribution in [2.24, 2.45) is 0 Å². The van der Waals surface area contributed by atoms with Crippen LogP contribution in [-0.2, 0) is 12.8 Å². The van der Waals surface area contributed by atoms with E-state index in [2.05, 4.69) is 11.4 Å². The number of hydrogen-bond donors (Lipinski definition) is 2. The van der Waals surface area contributed by atoms with E-state index in [0.717, 1.165) is 30.0 Å². The van der Waals surface area contributed by atoms with Crippen molar-refractivity contribution >= 4 is 23.5 Å². The van der Waals surface area contributed by atoms with Gasteiger partial charge in [0.25, 0.3) is 0 Å². The van der Waals surface area contributed by atoms with Crippen molar-refractivity contribution in [3.63, 3.8) is 0 Å². The molecule has 21 heavy (non-hydrogen) atoms. The number of nitrogens with one attached hydrogen (secondary N) is 1. The Balaban J connectivity index is 1.75. The van der Waals surface area contributed by atoms with E-state index < -0.39 is 0 Å². The Morgan fingerprint density at radius 3 is 3.10 bits per heavy atom. The first-order valence-electron chi connectivity index (χ1n) is 7.66. The maximum atomic E-state index is 12.5. The zero-order valence-electron chi connectivity index (χ0n) is 12.2. The second-order valence-electron chi connectivity index (χ2n) is 5.69. The Bertz CT molecular complexity index is 521. The van der Waals surface area contributed by atoms with Crippen LogP contribution in [0.3, 0.4) is 0 Å². The van der Waals surface area contributed by atoms with Gasteiger partial charge in [0, 0.05) is 23.7 Å². The summed E-state index contributed by atoms with van der Waals surface area (Å²) in [5.74, 6) is 1.76. The minimum Gasteiger partial charge on any atom is -0.394 e. The topological polar surface area (TPSA) is 52.6 Å². The molecule has 0 aromatic heterocycles. The van der Waals surface area contributed by atoms with Crippen molar-refractivity contribution in [1.29, 1.82) is 0 Å². The summed E-state index contributed by atoms with van der Waals surface area (Å²) in [4.78, 5) is 14.3. The molecule has 1 aromatic rings. The van der Waals surface area contributed by atoms with E-state index in [0.29, 0.717) is 6.54 Å². The Hall–Kier alpha value is -1.20. The first-order chi connectivity index (χ1) is 10.3. The summed E-state index contributed by atoms with van der Waals surface area (Å²) in [6.07, 6.45) is 4.59. The van der Waals surface area contributed by atoms with Crippen LogP contribution in [0.1, 0.15) is 24.0 Å². The van der Waals surface area contributed by atoms with Crippen LogP contribution in [0.15, 0.2) is 18.2 Å². The van der Waals surface area contributed by atoms with E-state index >= 15 is 0 Å². The molecular formula is C16H22N2O2S. The molecule has 1 unspecified atom stereocenters. The lowest BCUT2D eigenvalue weighted by Crippen LogP contribution is -2.49. The summed E-state index contributed by atoms with van der Waals surface area (Å²) in [5.41, 5.74) is 3.61. The number of aryl methyl sites for hydroxylation is 1.